The van der Waals surface area contributed by atoms with E-state index in [-0.39, 0.29) is 29.8 Å². The van der Waals surface area contributed by atoms with Gasteiger partial charge in [-0.05, 0) is 105 Å². The van der Waals surface area contributed by atoms with Crippen molar-refractivity contribution in [3.05, 3.63) is 117 Å². The molecule has 3 aliphatic rings. The number of nitro groups is 1. The number of nitro benzene ring substituents is 1. The van der Waals surface area contributed by atoms with Gasteiger partial charge in [-0.15, -0.1) is 0 Å². The van der Waals surface area contributed by atoms with Gasteiger partial charge in [0.05, 0.1) is 21.6 Å². The van der Waals surface area contributed by atoms with Gasteiger partial charge in [0.15, 0.2) is 5.82 Å². The van der Waals surface area contributed by atoms with E-state index in [1.54, 1.807) is 24.4 Å². The molecule has 0 spiro atoms. The standard InChI is InChI=1S/C44H47ClFN7O7S/c1-28-26-52(17-16-51(28)27-32-4-2-3-5-37(32)30-6-8-33(45)9-7-30)34-10-11-38(41(21-34)60-35-20-31-12-15-47-43(31)49-25-35)44(54)50-61(57,58)36-22-39(46)42(40(23-36)53(55)56)48-24-29-13-18-59-19-14-29/h6-12,15,20-23,25,28-29,48H,2-5,13-14,16-19,24,26-27H2,1H3,(H,47,49)(H,50,54)/t28-/m1/s1. The summed E-state index contributed by atoms with van der Waals surface area (Å²) in [6, 6.07) is 18.1. The number of rotatable bonds is 13. The summed E-state index contributed by atoms with van der Waals surface area (Å²) < 4.78 is 56.4. The maximum absolute atomic E-state index is 15.5. The fourth-order valence-corrected chi connectivity index (χ4v) is 9.53. The average Bonchev–Trinajstić information content (AvgIpc) is 3.72. The number of nitrogens with zero attached hydrogens (tertiary/aromatic N) is 4. The van der Waals surface area contributed by atoms with Crippen LogP contribution in [0.4, 0.5) is 21.5 Å². The monoisotopic (exact) mass is 871 g/mol. The average molecular weight is 872 g/mol. The summed E-state index contributed by atoms with van der Waals surface area (Å²) in [6.45, 7) is 6.53. The van der Waals surface area contributed by atoms with E-state index in [4.69, 9.17) is 21.1 Å². The molecule has 0 saturated carbocycles. The Labute approximate surface area is 358 Å². The van der Waals surface area contributed by atoms with E-state index in [0.29, 0.717) is 56.6 Å². The van der Waals surface area contributed by atoms with Gasteiger partial charge in [0.2, 0.25) is 0 Å². The molecule has 3 aromatic carbocycles. The third-order valence-electron chi connectivity index (χ3n) is 11.8. The molecule has 1 aliphatic carbocycles. The Hall–Kier alpha value is -5.55. The number of pyridine rings is 1. The molecule has 14 nitrogen and oxygen atoms in total. The van der Waals surface area contributed by atoms with Crippen molar-refractivity contribution in [3.8, 4) is 11.5 Å². The fraction of sp³-hybridized carbons (Fsp3) is 0.364. The summed E-state index contributed by atoms with van der Waals surface area (Å²) in [7, 11) is -4.82. The summed E-state index contributed by atoms with van der Waals surface area (Å²) in [5.74, 6) is -1.75. The van der Waals surface area contributed by atoms with Gasteiger partial charge in [-0.2, -0.15) is 0 Å². The number of halogens is 2. The van der Waals surface area contributed by atoms with Crippen molar-refractivity contribution in [2.75, 3.05) is 56.2 Å². The number of carbonyl (C=O) groups is 1. The molecule has 1 atom stereocenters. The Bertz CT molecular complexity index is 2580. The van der Waals surface area contributed by atoms with Crippen LogP contribution in [0.25, 0.3) is 16.6 Å². The largest absolute Gasteiger partial charge is 0.455 e. The first-order valence-electron chi connectivity index (χ1n) is 20.5. The lowest BCUT2D eigenvalue weighted by Crippen LogP contribution is -2.52. The Morgan fingerprint density at radius 2 is 1.85 bits per heavy atom. The molecule has 0 radical (unpaired) electrons. The van der Waals surface area contributed by atoms with Crippen LogP contribution >= 0.6 is 11.6 Å². The van der Waals surface area contributed by atoms with Gasteiger partial charge < -0.3 is 24.7 Å². The number of allylic oxidation sites excluding steroid dienone is 1. The zero-order valence-corrected chi connectivity index (χ0v) is 35.2. The molecule has 3 N–H and O–H groups in total. The van der Waals surface area contributed by atoms with Gasteiger partial charge in [0.1, 0.15) is 22.8 Å². The minimum Gasteiger partial charge on any atom is -0.455 e. The maximum atomic E-state index is 15.5. The van der Waals surface area contributed by atoms with E-state index in [1.165, 1.54) is 29.0 Å². The highest BCUT2D eigenvalue weighted by atomic mass is 35.5. The number of anilines is 2. The van der Waals surface area contributed by atoms with Crippen molar-refractivity contribution in [2.45, 2.75) is 56.4 Å². The number of hydrogen-bond donors (Lipinski definition) is 3. The quantitative estimate of drug-likeness (QED) is 0.0765. The lowest BCUT2D eigenvalue weighted by molar-refractivity contribution is -0.384. The lowest BCUT2D eigenvalue weighted by atomic mass is 9.87. The van der Waals surface area contributed by atoms with Crippen molar-refractivity contribution in [2.24, 2.45) is 5.92 Å². The van der Waals surface area contributed by atoms with Crippen molar-refractivity contribution in [1.82, 2.24) is 19.6 Å². The van der Waals surface area contributed by atoms with Crippen molar-refractivity contribution >= 4 is 61.2 Å². The summed E-state index contributed by atoms with van der Waals surface area (Å²) in [5, 5.41) is 16.3. The molecule has 2 saturated heterocycles. The molecule has 320 valence electrons. The number of piperazine rings is 1. The van der Waals surface area contributed by atoms with Crippen LogP contribution in [0.2, 0.25) is 5.02 Å². The first kappa shape index (κ1) is 42.2. The molecule has 5 aromatic rings. The van der Waals surface area contributed by atoms with E-state index >= 15 is 4.39 Å². The first-order valence-corrected chi connectivity index (χ1v) is 22.4. The SMILES string of the molecule is C[C@@H]1CN(c2ccc(C(=O)NS(=O)(=O)c3cc(F)c(NCC4CCOCC4)c([N+](=O)[O-])c3)c(Oc3cnc4[nH]ccc4c3)c2)CCN1CC1=C(c2ccc(Cl)cc2)CCCC1. The van der Waals surface area contributed by atoms with Gasteiger partial charge in [0.25, 0.3) is 21.6 Å². The number of amides is 1. The second-order valence-electron chi connectivity index (χ2n) is 15.9. The molecule has 1 amide bonds. The highest BCUT2D eigenvalue weighted by Gasteiger charge is 2.31. The smallest absolute Gasteiger partial charge is 0.296 e. The molecule has 8 rings (SSSR count). The highest BCUT2D eigenvalue weighted by Crippen LogP contribution is 2.37. The third kappa shape index (κ3) is 9.67. The van der Waals surface area contributed by atoms with Gasteiger partial charge >= 0.3 is 0 Å². The molecular weight excluding hydrogens is 825 g/mol. The van der Waals surface area contributed by atoms with Crippen LogP contribution in [0, 0.1) is 21.8 Å². The predicted molar refractivity (Wildman–Crippen MR) is 232 cm³/mol. The molecule has 0 unspecified atom stereocenters. The number of benzene rings is 3. The van der Waals surface area contributed by atoms with Gasteiger partial charge in [-0.25, -0.2) is 22.5 Å². The van der Waals surface area contributed by atoms with Crippen LogP contribution in [0.3, 0.4) is 0 Å². The highest BCUT2D eigenvalue weighted by molar-refractivity contribution is 7.90. The molecule has 2 aliphatic heterocycles. The molecule has 61 heavy (non-hydrogen) atoms. The molecule has 17 heteroatoms. The van der Waals surface area contributed by atoms with E-state index in [2.05, 4.69) is 44.1 Å². The van der Waals surface area contributed by atoms with Crippen LogP contribution in [0.1, 0.15) is 61.4 Å². The van der Waals surface area contributed by atoms with Crippen molar-refractivity contribution in [1.29, 1.82) is 0 Å². The Balaban J connectivity index is 1.03. The number of H-pyrrole nitrogens is 1. The van der Waals surface area contributed by atoms with E-state index in [1.807, 2.05) is 22.9 Å². The predicted octanol–water partition coefficient (Wildman–Crippen LogP) is 8.55. The Morgan fingerprint density at radius 3 is 2.62 bits per heavy atom. The minimum atomic E-state index is -4.82. The number of aromatic amines is 1. The lowest BCUT2D eigenvalue weighted by Gasteiger charge is -2.42. The number of fused-ring (bicyclic) bond motifs is 1. The normalized spacial score (nSPS) is 18.0. The van der Waals surface area contributed by atoms with Crippen LogP contribution in [0.15, 0.2) is 89.6 Å². The molecular formula is C44H47ClFN7O7S. The minimum absolute atomic E-state index is 0.0572. The summed E-state index contributed by atoms with van der Waals surface area (Å²) in [6.07, 6.45) is 9.04. The molecule has 2 aromatic heterocycles. The first-order chi connectivity index (χ1) is 29.4. The summed E-state index contributed by atoms with van der Waals surface area (Å²) >= 11 is 6.19. The van der Waals surface area contributed by atoms with Gasteiger partial charge in [-0.1, -0.05) is 29.3 Å². The topological polar surface area (TPSA) is 172 Å². The van der Waals surface area contributed by atoms with E-state index in [0.717, 1.165) is 60.9 Å². The van der Waals surface area contributed by atoms with E-state index in [9.17, 15) is 23.3 Å². The van der Waals surface area contributed by atoms with Crippen LogP contribution in [0.5, 0.6) is 11.5 Å². The number of aromatic nitrogens is 2. The molecule has 0 bridgehead atoms. The Morgan fingerprint density at radius 1 is 1.07 bits per heavy atom. The second kappa shape index (κ2) is 18.2. The summed E-state index contributed by atoms with van der Waals surface area (Å²) in [4.78, 5) is 36.4. The Kier molecular flexibility index (Phi) is 12.6. The number of sulfonamides is 1. The fourth-order valence-electron chi connectivity index (χ4n) is 8.41. The number of nitrogens with one attached hydrogen (secondary N) is 3. The van der Waals surface area contributed by atoms with Crippen molar-refractivity contribution in [3.63, 3.8) is 0 Å². The zero-order chi connectivity index (χ0) is 42.7. The molecule has 4 heterocycles. The number of ether oxygens (including phenoxy) is 2. The second-order valence-corrected chi connectivity index (χ2v) is 18.0. The number of carbonyl (C=O) groups excluding carboxylic acids is 1. The zero-order valence-electron chi connectivity index (χ0n) is 33.7. The molecule has 2 fully saturated rings. The third-order valence-corrected chi connectivity index (χ3v) is 13.4. The summed E-state index contributed by atoms with van der Waals surface area (Å²) in [5.41, 5.74) is 4.15. The van der Waals surface area contributed by atoms with Crippen LogP contribution in [-0.4, -0.2) is 86.1 Å². The van der Waals surface area contributed by atoms with Crippen molar-refractivity contribution < 1.29 is 32.0 Å². The van der Waals surface area contributed by atoms with Gasteiger partial charge in [0, 0.05) is 86.4 Å². The maximum Gasteiger partial charge on any atom is 0.296 e. The number of hydrogen-bond acceptors (Lipinski definition) is 11. The van der Waals surface area contributed by atoms with Crippen LogP contribution in [-0.2, 0) is 14.8 Å². The van der Waals surface area contributed by atoms with Gasteiger partial charge in [-0.3, -0.25) is 19.8 Å². The van der Waals surface area contributed by atoms with E-state index < -0.39 is 42.9 Å². The van der Waals surface area contributed by atoms with Crippen LogP contribution < -0.4 is 19.7 Å².